The van der Waals surface area contributed by atoms with Gasteiger partial charge in [0, 0.05) is 4.47 Å². The molecule has 2 aromatic rings. The molecule has 2 N–H and O–H groups in total. The van der Waals surface area contributed by atoms with Crippen LogP contribution in [0, 0.1) is 6.92 Å². The molecule has 0 aliphatic rings. The van der Waals surface area contributed by atoms with Crippen LogP contribution in [0.15, 0.2) is 43.9 Å². The summed E-state index contributed by atoms with van der Waals surface area (Å²) >= 11 is 6.86. The molecule has 0 fully saturated rings. The van der Waals surface area contributed by atoms with Gasteiger partial charge in [0.2, 0.25) is 0 Å². The Morgan fingerprint density at radius 1 is 1.25 bits per heavy atom. The van der Waals surface area contributed by atoms with Crippen LogP contribution in [-0.2, 0) is 0 Å². The maximum Gasteiger partial charge on any atom is 0.139 e. The fourth-order valence-corrected chi connectivity index (χ4v) is 2.58. The Morgan fingerprint density at radius 3 is 2.56 bits per heavy atom. The van der Waals surface area contributed by atoms with E-state index in [1.54, 1.807) is 6.26 Å². The molecule has 0 aliphatic heterocycles. The molecule has 1 aromatic heterocycles. The fraction of sp³-hybridized carbons (Fsp3) is 0.167. The molecule has 84 valence electrons. The van der Waals surface area contributed by atoms with Gasteiger partial charge in [0.25, 0.3) is 0 Å². The van der Waals surface area contributed by atoms with E-state index in [0.29, 0.717) is 0 Å². The first-order valence-electron chi connectivity index (χ1n) is 4.84. The van der Waals surface area contributed by atoms with Crippen LogP contribution in [0.4, 0.5) is 0 Å². The van der Waals surface area contributed by atoms with E-state index in [0.717, 1.165) is 25.8 Å². The lowest BCUT2D eigenvalue weighted by atomic mass is 10.0. The first-order chi connectivity index (χ1) is 7.59. The van der Waals surface area contributed by atoms with E-state index in [9.17, 15) is 0 Å². The van der Waals surface area contributed by atoms with Crippen molar-refractivity contribution in [3.05, 3.63) is 56.4 Å². The van der Waals surface area contributed by atoms with E-state index >= 15 is 0 Å². The number of aryl methyl sites for hydroxylation is 1. The largest absolute Gasteiger partial charge is 0.466 e. The second-order valence-electron chi connectivity index (χ2n) is 3.61. The van der Waals surface area contributed by atoms with Crippen molar-refractivity contribution < 1.29 is 4.42 Å². The van der Waals surface area contributed by atoms with E-state index < -0.39 is 0 Å². The highest BCUT2D eigenvalue weighted by molar-refractivity contribution is 9.10. The lowest BCUT2D eigenvalue weighted by Gasteiger charge is -2.13. The molecule has 0 aliphatic carbocycles. The minimum absolute atomic E-state index is 0.238. The van der Waals surface area contributed by atoms with Gasteiger partial charge in [-0.2, -0.15) is 0 Å². The topological polar surface area (TPSA) is 39.2 Å². The Balaban J connectivity index is 2.41. The summed E-state index contributed by atoms with van der Waals surface area (Å²) < 4.78 is 7.34. The van der Waals surface area contributed by atoms with Gasteiger partial charge >= 0.3 is 0 Å². The smallest absolute Gasteiger partial charge is 0.139 e. The first kappa shape index (κ1) is 11.9. The molecule has 0 saturated heterocycles. The van der Waals surface area contributed by atoms with E-state index in [1.807, 2.05) is 31.2 Å². The van der Waals surface area contributed by atoms with Gasteiger partial charge in [-0.1, -0.05) is 22.0 Å². The first-order valence-corrected chi connectivity index (χ1v) is 6.42. The number of halogens is 2. The molecule has 4 heteroatoms. The van der Waals surface area contributed by atoms with Crippen LogP contribution in [0.1, 0.15) is 22.9 Å². The van der Waals surface area contributed by atoms with Crippen molar-refractivity contribution in [1.29, 1.82) is 0 Å². The number of hydrogen-bond acceptors (Lipinski definition) is 2. The number of hydrogen-bond donors (Lipinski definition) is 1. The normalized spacial score (nSPS) is 12.8. The van der Waals surface area contributed by atoms with Gasteiger partial charge in [0.15, 0.2) is 0 Å². The predicted molar refractivity (Wildman–Crippen MR) is 71.3 cm³/mol. The van der Waals surface area contributed by atoms with E-state index in [-0.39, 0.29) is 6.04 Å². The molecule has 0 bridgehead atoms. The lowest BCUT2D eigenvalue weighted by molar-refractivity contribution is 0.487. The molecule has 0 amide bonds. The molecule has 0 radical (unpaired) electrons. The average Bonchev–Trinajstić information content (AvgIpc) is 2.63. The average molecular weight is 345 g/mol. The Labute approximate surface area is 111 Å². The quantitative estimate of drug-likeness (QED) is 0.888. The molecule has 1 atom stereocenters. The lowest BCUT2D eigenvalue weighted by Crippen LogP contribution is -2.12. The van der Waals surface area contributed by atoms with Crippen molar-refractivity contribution in [3.63, 3.8) is 0 Å². The molecule has 2 rings (SSSR count). The van der Waals surface area contributed by atoms with Gasteiger partial charge in [0.05, 0.1) is 16.8 Å². The number of rotatable bonds is 2. The van der Waals surface area contributed by atoms with Crippen molar-refractivity contribution in [2.45, 2.75) is 13.0 Å². The van der Waals surface area contributed by atoms with Gasteiger partial charge in [-0.25, -0.2) is 0 Å². The molecular weight excluding hydrogens is 334 g/mol. The van der Waals surface area contributed by atoms with Crippen LogP contribution in [0.3, 0.4) is 0 Å². The minimum Gasteiger partial charge on any atom is -0.466 e. The van der Waals surface area contributed by atoms with Gasteiger partial charge in [0.1, 0.15) is 5.76 Å². The summed E-state index contributed by atoms with van der Waals surface area (Å²) in [5.41, 5.74) is 8.39. The van der Waals surface area contributed by atoms with Gasteiger partial charge in [-0.15, -0.1) is 0 Å². The van der Waals surface area contributed by atoms with Crippen LogP contribution < -0.4 is 5.73 Å². The Morgan fingerprint density at radius 2 is 2.00 bits per heavy atom. The van der Waals surface area contributed by atoms with Gasteiger partial charge < -0.3 is 10.2 Å². The highest BCUT2D eigenvalue weighted by Crippen LogP contribution is 2.30. The van der Waals surface area contributed by atoms with Crippen LogP contribution in [0.2, 0.25) is 0 Å². The summed E-state index contributed by atoms with van der Waals surface area (Å²) in [7, 11) is 0. The van der Waals surface area contributed by atoms with Crippen LogP contribution in [0.25, 0.3) is 0 Å². The van der Waals surface area contributed by atoms with Crippen LogP contribution >= 0.6 is 31.9 Å². The molecule has 16 heavy (non-hydrogen) atoms. The van der Waals surface area contributed by atoms with Crippen molar-refractivity contribution >= 4 is 31.9 Å². The zero-order valence-electron chi connectivity index (χ0n) is 8.71. The van der Waals surface area contributed by atoms with Gasteiger partial charge in [-0.3, -0.25) is 0 Å². The summed E-state index contributed by atoms with van der Waals surface area (Å²) in [5, 5.41) is 0. The molecule has 0 saturated carbocycles. The van der Waals surface area contributed by atoms with Crippen LogP contribution in [0.5, 0.6) is 0 Å². The summed E-state index contributed by atoms with van der Waals surface area (Å²) in [6.07, 6.45) is 1.63. The molecular formula is C12H11Br2NO. The molecule has 0 spiro atoms. The molecule has 1 unspecified atom stereocenters. The monoisotopic (exact) mass is 343 g/mol. The second kappa shape index (κ2) is 4.73. The Kier molecular flexibility index (Phi) is 3.52. The van der Waals surface area contributed by atoms with E-state index in [4.69, 9.17) is 10.2 Å². The Bertz CT molecular complexity index is 507. The van der Waals surface area contributed by atoms with Crippen molar-refractivity contribution in [2.24, 2.45) is 5.73 Å². The van der Waals surface area contributed by atoms with Crippen molar-refractivity contribution in [1.82, 2.24) is 0 Å². The number of furan rings is 1. The highest BCUT2D eigenvalue weighted by atomic mass is 79.9. The second-order valence-corrected chi connectivity index (χ2v) is 5.38. The van der Waals surface area contributed by atoms with Crippen molar-refractivity contribution in [2.75, 3.05) is 0 Å². The number of benzene rings is 1. The molecule has 1 heterocycles. The fourth-order valence-electron chi connectivity index (χ4n) is 1.66. The van der Waals surface area contributed by atoms with Crippen LogP contribution in [-0.4, -0.2) is 0 Å². The Hall–Kier alpha value is -0.580. The van der Waals surface area contributed by atoms with Crippen molar-refractivity contribution in [3.8, 4) is 0 Å². The summed E-state index contributed by atoms with van der Waals surface area (Å²) in [6, 6.07) is 7.66. The molecule has 2 nitrogen and oxygen atoms in total. The maximum atomic E-state index is 6.17. The predicted octanol–water partition coefficient (Wildman–Crippen LogP) is 4.16. The number of nitrogens with two attached hydrogens (primary N) is 1. The third-order valence-electron chi connectivity index (χ3n) is 2.49. The minimum atomic E-state index is -0.238. The summed E-state index contributed by atoms with van der Waals surface area (Å²) in [4.78, 5) is 0. The van der Waals surface area contributed by atoms with E-state index in [2.05, 4.69) is 31.9 Å². The third-order valence-corrected chi connectivity index (χ3v) is 3.64. The molecule has 1 aromatic carbocycles. The standard InChI is InChI=1S/C12H11Br2NO/c1-7-6-8(13)2-3-9(7)11(15)12-10(14)4-5-16-12/h2-6,11H,15H2,1H3. The summed E-state index contributed by atoms with van der Waals surface area (Å²) in [6.45, 7) is 2.04. The summed E-state index contributed by atoms with van der Waals surface area (Å²) in [5.74, 6) is 0.755. The van der Waals surface area contributed by atoms with E-state index in [1.165, 1.54) is 0 Å². The third kappa shape index (κ3) is 2.24. The highest BCUT2D eigenvalue weighted by Gasteiger charge is 2.17. The maximum absolute atomic E-state index is 6.17. The zero-order chi connectivity index (χ0) is 11.7. The SMILES string of the molecule is Cc1cc(Br)ccc1C(N)c1occc1Br. The zero-order valence-corrected chi connectivity index (χ0v) is 11.9. The van der Waals surface area contributed by atoms with Gasteiger partial charge in [-0.05, 0) is 52.2 Å².